The van der Waals surface area contributed by atoms with Gasteiger partial charge < -0.3 is 19.5 Å². The van der Waals surface area contributed by atoms with Gasteiger partial charge in [0, 0.05) is 49.8 Å². The molecule has 3 heterocycles. The maximum absolute atomic E-state index is 12.6. The van der Waals surface area contributed by atoms with E-state index in [9.17, 15) is 18.0 Å². The minimum absolute atomic E-state index is 0.0751. The first-order valence-electron chi connectivity index (χ1n) is 10.7. The molecule has 1 saturated heterocycles. The minimum Gasteiger partial charge on any atom is -0.492 e. The predicted molar refractivity (Wildman–Crippen MR) is 116 cm³/mol. The quantitative estimate of drug-likeness (QED) is 0.496. The average Bonchev–Trinajstić information content (AvgIpc) is 3.35. The number of piperazine rings is 1. The van der Waals surface area contributed by atoms with E-state index in [0.717, 1.165) is 31.9 Å². The van der Waals surface area contributed by atoms with Crippen molar-refractivity contribution in [3.05, 3.63) is 54.7 Å². The molecular formula is C22H23F3N6O3. The van der Waals surface area contributed by atoms with Gasteiger partial charge in [-0.15, -0.1) is 0 Å². The summed E-state index contributed by atoms with van der Waals surface area (Å²) >= 11 is 0. The molecule has 4 rings (SSSR count). The van der Waals surface area contributed by atoms with Gasteiger partial charge in [0.15, 0.2) is 0 Å². The van der Waals surface area contributed by atoms with E-state index >= 15 is 0 Å². The lowest BCUT2D eigenvalue weighted by Gasteiger charge is -2.35. The number of alkyl halides is 3. The molecule has 0 aliphatic carbocycles. The van der Waals surface area contributed by atoms with Gasteiger partial charge in [0.1, 0.15) is 12.4 Å². The van der Waals surface area contributed by atoms with Crippen molar-refractivity contribution in [2.75, 3.05) is 50.8 Å². The van der Waals surface area contributed by atoms with E-state index in [4.69, 9.17) is 4.74 Å². The molecule has 180 valence electrons. The van der Waals surface area contributed by atoms with Crippen LogP contribution in [0.4, 0.5) is 18.9 Å². The van der Waals surface area contributed by atoms with Crippen molar-refractivity contribution in [3.63, 3.8) is 0 Å². The van der Waals surface area contributed by atoms with Crippen molar-refractivity contribution in [2.45, 2.75) is 6.18 Å². The average molecular weight is 476 g/mol. The zero-order valence-electron chi connectivity index (χ0n) is 18.2. The van der Waals surface area contributed by atoms with Crippen LogP contribution in [0.25, 0.3) is 11.4 Å². The van der Waals surface area contributed by atoms with Gasteiger partial charge >= 0.3 is 12.1 Å². The van der Waals surface area contributed by atoms with Gasteiger partial charge in [0.2, 0.25) is 11.7 Å². The van der Waals surface area contributed by atoms with Crippen LogP contribution in [0.5, 0.6) is 5.75 Å². The highest BCUT2D eigenvalue weighted by atomic mass is 19.4. The van der Waals surface area contributed by atoms with Crippen molar-refractivity contribution >= 4 is 11.6 Å². The second-order valence-corrected chi connectivity index (χ2v) is 7.61. The number of carbonyl (C=O) groups is 1. The molecule has 0 saturated carbocycles. The number of pyridine rings is 1. The van der Waals surface area contributed by atoms with Crippen molar-refractivity contribution in [3.8, 4) is 17.1 Å². The number of halogens is 3. The van der Waals surface area contributed by atoms with Crippen LogP contribution < -0.4 is 15.0 Å². The van der Waals surface area contributed by atoms with Gasteiger partial charge in [-0.3, -0.25) is 14.7 Å². The van der Waals surface area contributed by atoms with Crippen molar-refractivity contribution in [1.29, 1.82) is 0 Å². The number of carbonyl (C=O) groups excluding carboxylic acids is 1. The molecule has 12 heteroatoms. The number of ether oxygens (including phenoxy) is 1. The molecule has 0 unspecified atom stereocenters. The predicted octanol–water partition coefficient (Wildman–Crippen LogP) is 2.47. The summed E-state index contributed by atoms with van der Waals surface area (Å²) in [4.78, 5) is 24.0. The Labute approximate surface area is 193 Å². The standard InChI is InChI=1S/C22H23F3N6O3/c23-22(24,25)21-28-20(29-34-21)16-1-3-18(4-2-16)33-14-9-27-19(32)15-30-10-12-31(13-11-30)17-5-7-26-8-6-17/h1-8H,9-15H2,(H,27,32). The molecule has 0 spiro atoms. The van der Waals surface area contributed by atoms with Gasteiger partial charge in [-0.25, -0.2) is 0 Å². The lowest BCUT2D eigenvalue weighted by Crippen LogP contribution is -2.49. The molecule has 3 aromatic rings. The summed E-state index contributed by atoms with van der Waals surface area (Å²) in [5.41, 5.74) is 1.50. The van der Waals surface area contributed by atoms with Crippen LogP contribution in [-0.4, -0.2) is 71.8 Å². The summed E-state index contributed by atoms with van der Waals surface area (Å²) < 4.78 is 47.5. The molecular weight excluding hydrogens is 453 g/mol. The van der Waals surface area contributed by atoms with E-state index in [1.54, 1.807) is 24.5 Å². The Hall–Kier alpha value is -3.67. The number of nitrogens with one attached hydrogen (secondary N) is 1. The zero-order valence-corrected chi connectivity index (χ0v) is 18.2. The van der Waals surface area contributed by atoms with Crippen LogP contribution >= 0.6 is 0 Å². The smallest absolute Gasteiger partial charge is 0.471 e. The van der Waals surface area contributed by atoms with E-state index in [0.29, 0.717) is 24.4 Å². The van der Waals surface area contributed by atoms with Crippen LogP contribution in [0.2, 0.25) is 0 Å². The molecule has 0 bridgehead atoms. The third kappa shape index (κ3) is 6.22. The third-order valence-electron chi connectivity index (χ3n) is 5.24. The monoisotopic (exact) mass is 476 g/mol. The molecule has 0 atom stereocenters. The van der Waals surface area contributed by atoms with E-state index in [1.807, 2.05) is 12.1 Å². The number of anilines is 1. The Bertz CT molecular complexity index is 1070. The maximum Gasteiger partial charge on any atom is 0.471 e. The number of hydrogen-bond donors (Lipinski definition) is 1. The zero-order chi connectivity index (χ0) is 24.0. The van der Waals surface area contributed by atoms with Crippen LogP contribution in [0.1, 0.15) is 5.89 Å². The number of hydrogen-bond acceptors (Lipinski definition) is 8. The Morgan fingerprint density at radius 3 is 2.41 bits per heavy atom. The maximum atomic E-state index is 12.6. The topological polar surface area (TPSA) is 96.6 Å². The van der Waals surface area contributed by atoms with E-state index < -0.39 is 12.1 Å². The highest BCUT2D eigenvalue weighted by molar-refractivity contribution is 5.78. The fraction of sp³-hybridized carbons (Fsp3) is 0.364. The number of amides is 1. The number of nitrogens with zero attached hydrogens (tertiary/aromatic N) is 5. The first-order chi connectivity index (χ1) is 16.4. The fourth-order valence-electron chi connectivity index (χ4n) is 3.49. The Balaban J connectivity index is 1.14. The minimum atomic E-state index is -4.69. The second kappa shape index (κ2) is 10.5. The molecule has 1 aromatic carbocycles. The number of benzene rings is 1. The number of aromatic nitrogens is 3. The molecule has 9 nitrogen and oxygen atoms in total. The Morgan fingerprint density at radius 2 is 1.76 bits per heavy atom. The first kappa shape index (κ1) is 23.5. The van der Waals surface area contributed by atoms with E-state index in [2.05, 4.69) is 34.8 Å². The highest BCUT2D eigenvalue weighted by Crippen LogP contribution is 2.29. The summed E-state index contributed by atoms with van der Waals surface area (Å²) in [6.07, 6.45) is -1.15. The molecule has 0 radical (unpaired) electrons. The van der Waals surface area contributed by atoms with Gasteiger partial charge in [0.25, 0.3) is 0 Å². The summed E-state index contributed by atoms with van der Waals surface area (Å²) in [6.45, 7) is 4.19. The Morgan fingerprint density at radius 1 is 1.06 bits per heavy atom. The van der Waals surface area contributed by atoms with Gasteiger partial charge in [-0.2, -0.15) is 18.2 Å². The molecule has 1 amide bonds. The van der Waals surface area contributed by atoms with Gasteiger partial charge in [-0.1, -0.05) is 5.16 Å². The van der Waals surface area contributed by atoms with Gasteiger partial charge in [-0.05, 0) is 36.4 Å². The van der Waals surface area contributed by atoms with Crippen molar-refractivity contribution < 1.29 is 27.2 Å². The normalized spacial score (nSPS) is 14.7. The number of rotatable bonds is 8. The summed E-state index contributed by atoms with van der Waals surface area (Å²) in [6, 6.07) is 10.2. The molecule has 1 aliphatic rings. The molecule has 2 aromatic heterocycles. The summed E-state index contributed by atoms with van der Waals surface area (Å²) in [7, 11) is 0. The van der Waals surface area contributed by atoms with Crippen LogP contribution in [0.15, 0.2) is 53.3 Å². The van der Waals surface area contributed by atoms with Gasteiger partial charge in [0.05, 0.1) is 13.1 Å². The third-order valence-corrected chi connectivity index (χ3v) is 5.24. The van der Waals surface area contributed by atoms with Crippen molar-refractivity contribution in [1.82, 2.24) is 25.3 Å². The molecule has 1 aliphatic heterocycles. The second-order valence-electron chi connectivity index (χ2n) is 7.61. The van der Waals surface area contributed by atoms with Crippen LogP contribution in [-0.2, 0) is 11.0 Å². The molecule has 1 N–H and O–H groups in total. The lowest BCUT2D eigenvalue weighted by molar-refractivity contribution is -0.159. The lowest BCUT2D eigenvalue weighted by atomic mass is 10.2. The van der Waals surface area contributed by atoms with E-state index in [1.165, 1.54) is 12.1 Å². The first-order valence-corrected chi connectivity index (χ1v) is 10.7. The van der Waals surface area contributed by atoms with E-state index in [-0.39, 0.29) is 18.3 Å². The van der Waals surface area contributed by atoms with Crippen LogP contribution in [0.3, 0.4) is 0 Å². The van der Waals surface area contributed by atoms with Crippen molar-refractivity contribution in [2.24, 2.45) is 0 Å². The molecule has 1 fully saturated rings. The Kier molecular flexibility index (Phi) is 7.26. The fourth-order valence-corrected chi connectivity index (χ4v) is 3.49. The largest absolute Gasteiger partial charge is 0.492 e. The molecule has 34 heavy (non-hydrogen) atoms. The summed E-state index contributed by atoms with van der Waals surface area (Å²) in [5.74, 6) is -1.12. The highest BCUT2D eigenvalue weighted by Gasteiger charge is 2.38. The SMILES string of the molecule is O=C(CN1CCN(c2ccncc2)CC1)NCCOc1ccc(-c2noc(C(F)(F)F)n2)cc1. The van der Waals surface area contributed by atoms with Crippen LogP contribution in [0, 0.1) is 0 Å². The summed E-state index contributed by atoms with van der Waals surface area (Å²) in [5, 5.41) is 6.17.